The van der Waals surface area contributed by atoms with Gasteiger partial charge in [0.25, 0.3) is 0 Å². The van der Waals surface area contributed by atoms with Gasteiger partial charge in [0.2, 0.25) is 0 Å². The third-order valence-corrected chi connectivity index (χ3v) is 6.01. The number of phenolic OH excluding ortho intramolecular Hbond substituents is 1. The van der Waals surface area contributed by atoms with Crippen molar-refractivity contribution in [2.24, 2.45) is 0 Å². The van der Waals surface area contributed by atoms with Crippen molar-refractivity contribution in [3.05, 3.63) is 70.6 Å². The molecule has 2 aromatic carbocycles. The van der Waals surface area contributed by atoms with Crippen LogP contribution in [0.15, 0.2) is 69.4 Å². The number of fused-ring (bicyclic) bond motifs is 1. The van der Waals surface area contributed by atoms with Crippen LogP contribution in [0.5, 0.6) is 23.0 Å². The normalized spacial score (nSPS) is 13.0. The van der Waals surface area contributed by atoms with E-state index in [0.717, 1.165) is 82.4 Å². The second-order valence-electron chi connectivity index (χ2n) is 9.53. The summed E-state index contributed by atoms with van der Waals surface area (Å²) in [6, 6.07) is 13.9. The molecule has 4 rings (SSSR count). The Morgan fingerprint density at radius 1 is 0.950 bits per heavy atom. The first-order chi connectivity index (χ1) is 18.9. The van der Waals surface area contributed by atoms with E-state index >= 15 is 0 Å². The molecular formula is C31H42ClNO7. The molecule has 0 aliphatic carbocycles. The maximum atomic E-state index is 11.1. The lowest BCUT2D eigenvalue weighted by Crippen LogP contribution is -2.37. The van der Waals surface area contributed by atoms with Crippen molar-refractivity contribution in [2.45, 2.75) is 40.0 Å². The van der Waals surface area contributed by atoms with E-state index in [1.54, 1.807) is 6.07 Å². The lowest BCUT2D eigenvalue weighted by Gasteiger charge is -2.26. The van der Waals surface area contributed by atoms with Crippen LogP contribution in [0.1, 0.15) is 40.0 Å². The minimum atomic E-state index is -0.427. The fourth-order valence-electron chi connectivity index (χ4n) is 3.77. The van der Waals surface area contributed by atoms with Crippen molar-refractivity contribution in [3.63, 3.8) is 0 Å². The van der Waals surface area contributed by atoms with Crippen LogP contribution in [0.3, 0.4) is 0 Å². The highest BCUT2D eigenvalue weighted by molar-refractivity contribution is 5.85. The van der Waals surface area contributed by atoms with E-state index in [4.69, 9.17) is 23.4 Å². The van der Waals surface area contributed by atoms with Crippen LogP contribution < -0.4 is 19.8 Å². The zero-order valence-electron chi connectivity index (χ0n) is 23.7. The smallest absolute Gasteiger partial charge is 0.336 e. The van der Waals surface area contributed by atoms with E-state index in [1.165, 1.54) is 18.2 Å². The zero-order valence-corrected chi connectivity index (χ0v) is 24.5. The number of hydrogen-bond donors (Lipinski definition) is 1. The van der Waals surface area contributed by atoms with Crippen molar-refractivity contribution in [1.82, 2.24) is 4.90 Å². The molecule has 1 aliphatic rings. The molecule has 0 unspecified atom stereocenters. The summed E-state index contributed by atoms with van der Waals surface area (Å²) in [5, 5.41) is 10.4. The van der Waals surface area contributed by atoms with Gasteiger partial charge in [0.05, 0.1) is 26.4 Å². The number of halogens is 1. The molecule has 3 aromatic rings. The van der Waals surface area contributed by atoms with E-state index in [1.807, 2.05) is 44.2 Å². The van der Waals surface area contributed by atoms with E-state index in [2.05, 4.69) is 11.8 Å². The summed E-state index contributed by atoms with van der Waals surface area (Å²) >= 11 is 0. The fourth-order valence-corrected chi connectivity index (χ4v) is 3.77. The molecule has 0 saturated carbocycles. The van der Waals surface area contributed by atoms with Gasteiger partial charge in [-0.3, -0.25) is 4.90 Å². The fraction of sp³-hybridized carbons (Fsp3) is 0.452. The predicted octanol–water partition coefficient (Wildman–Crippen LogP) is 6.23. The van der Waals surface area contributed by atoms with Crippen LogP contribution in [-0.2, 0) is 4.74 Å². The maximum absolute atomic E-state index is 11.1. The monoisotopic (exact) mass is 575 g/mol. The lowest BCUT2D eigenvalue weighted by molar-refractivity contribution is 0.0358. The molecule has 1 fully saturated rings. The van der Waals surface area contributed by atoms with Gasteiger partial charge in [0.15, 0.2) is 11.5 Å². The lowest BCUT2D eigenvalue weighted by atomic mass is 10.2. The number of allylic oxidation sites excluding steroid dienone is 1. The molecule has 0 bridgehead atoms. The van der Waals surface area contributed by atoms with E-state index in [0.29, 0.717) is 23.3 Å². The molecule has 40 heavy (non-hydrogen) atoms. The molecule has 1 aromatic heterocycles. The molecule has 220 valence electrons. The largest absolute Gasteiger partial charge is 0.504 e. The third kappa shape index (κ3) is 11.9. The van der Waals surface area contributed by atoms with Crippen molar-refractivity contribution in [1.29, 1.82) is 0 Å². The Hall–Kier alpha value is -3.20. The average Bonchev–Trinajstić information content (AvgIpc) is 2.93. The quantitative estimate of drug-likeness (QED) is 0.154. The van der Waals surface area contributed by atoms with Gasteiger partial charge in [-0.2, -0.15) is 0 Å². The van der Waals surface area contributed by atoms with Crippen LogP contribution in [0.4, 0.5) is 0 Å². The van der Waals surface area contributed by atoms with Crippen molar-refractivity contribution < 1.29 is 28.5 Å². The van der Waals surface area contributed by atoms with Gasteiger partial charge in [-0.25, -0.2) is 4.79 Å². The average molecular weight is 576 g/mol. The van der Waals surface area contributed by atoms with E-state index in [-0.39, 0.29) is 18.2 Å². The number of benzene rings is 2. The third-order valence-electron chi connectivity index (χ3n) is 6.01. The first kappa shape index (κ1) is 33.0. The Kier molecular flexibility index (Phi) is 15.0. The second-order valence-corrected chi connectivity index (χ2v) is 9.53. The van der Waals surface area contributed by atoms with Gasteiger partial charge in [0, 0.05) is 37.2 Å². The molecule has 8 nitrogen and oxygen atoms in total. The number of aromatic hydroxyl groups is 1. The van der Waals surface area contributed by atoms with Gasteiger partial charge in [-0.05, 0) is 69.2 Å². The van der Waals surface area contributed by atoms with Crippen molar-refractivity contribution in [3.8, 4) is 23.0 Å². The summed E-state index contributed by atoms with van der Waals surface area (Å²) in [6.07, 6.45) is 5.20. The van der Waals surface area contributed by atoms with Crippen LogP contribution >= 0.6 is 12.4 Å². The minimum absolute atomic E-state index is 0. The highest BCUT2D eigenvalue weighted by atomic mass is 35.5. The molecule has 0 radical (unpaired) electrons. The van der Waals surface area contributed by atoms with Crippen LogP contribution in [0.2, 0.25) is 0 Å². The molecule has 1 saturated heterocycles. The second kappa shape index (κ2) is 18.2. The Labute approximate surface area is 242 Å². The topological polar surface area (TPSA) is 90.6 Å². The molecule has 2 heterocycles. The van der Waals surface area contributed by atoms with Crippen LogP contribution in [0.25, 0.3) is 11.0 Å². The molecule has 0 spiro atoms. The molecule has 1 N–H and O–H groups in total. The number of hydrogen-bond acceptors (Lipinski definition) is 8. The summed E-state index contributed by atoms with van der Waals surface area (Å²) in [6.45, 7) is 12.9. The van der Waals surface area contributed by atoms with Crippen molar-refractivity contribution in [2.75, 3.05) is 52.7 Å². The SMILES string of the molecule is CC(C)=CCOc1cc2oc(=O)ccc2cc1O.CCCCOc1ccc(OCCCN2CCOCC2)cc1.Cl. The Morgan fingerprint density at radius 3 is 2.23 bits per heavy atom. The summed E-state index contributed by atoms with van der Waals surface area (Å²) in [5.74, 6) is 2.16. The van der Waals surface area contributed by atoms with Crippen molar-refractivity contribution >= 4 is 23.4 Å². The number of unbranched alkanes of at least 4 members (excludes halogenated alkanes) is 1. The van der Waals surface area contributed by atoms with Gasteiger partial charge in [0.1, 0.15) is 23.7 Å². The first-order valence-corrected chi connectivity index (χ1v) is 13.6. The highest BCUT2D eigenvalue weighted by Gasteiger charge is 2.09. The number of morpholine rings is 1. The van der Waals surface area contributed by atoms with Gasteiger partial charge in [-0.1, -0.05) is 18.9 Å². The first-order valence-electron chi connectivity index (χ1n) is 13.6. The van der Waals surface area contributed by atoms with Gasteiger partial charge >= 0.3 is 5.63 Å². The molecule has 1 aliphatic heterocycles. The van der Waals surface area contributed by atoms with Crippen LogP contribution in [0, 0.1) is 0 Å². The number of phenols is 1. The maximum Gasteiger partial charge on any atom is 0.336 e. The minimum Gasteiger partial charge on any atom is -0.504 e. The predicted molar refractivity (Wildman–Crippen MR) is 161 cm³/mol. The molecular weight excluding hydrogens is 534 g/mol. The summed E-state index contributed by atoms with van der Waals surface area (Å²) in [7, 11) is 0. The van der Waals surface area contributed by atoms with E-state index in [9.17, 15) is 9.90 Å². The zero-order chi connectivity index (χ0) is 27.9. The Bertz CT molecular complexity index is 1220. The Balaban J connectivity index is 0.000000276. The summed E-state index contributed by atoms with van der Waals surface area (Å²) in [5.41, 5.74) is 1.10. The molecule has 9 heteroatoms. The highest BCUT2D eigenvalue weighted by Crippen LogP contribution is 2.30. The van der Waals surface area contributed by atoms with Gasteiger partial charge < -0.3 is 28.5 Å². The van der Waals surface area contributed by atoms with Crippen LogP contribution in [-0.4, -0.2) is 62.7 Å². The van der Waals surface area contributed by atoms with E-state index < -0.39 is 5.63 Å². The summed E-state index contributed by atoms with van der Waals surface area (Å²) < 4.78 is 27.2. The standard InChI is InChI=1S/C17H27NO3.C14H14O4.ClH/c1-2-3-12-20-16-5-7-17(8-6-16)21-13-4-9-18-10-14-19-15-11-18;1-9(2)5-6-17-13-8-12-10(7-11(13)15)3-4-14(16)18-12;/h5-8H,2-4,9-15H2,1H3;3-5,7-8,15H,6H2,1-2H3;1H. The number of rotatable bonds is 12. The van der Waals surface area contributed by atoms with Gasteiger partial charge in [-0.15, -0.1) is 12.4 Å². The molecule has 0 amide bonds. The molecule has 0 atom stereocenters. The number of ether oxygens (including phenoxy) is 4. The summed E-state index contributed by atoms with van der Waals surface area (Å²) in [4.78, 5) is 13.5. The number of nitrogens with zero attached hydrogens (tertiary/aromatic N) is 1. The Morgan fingerprint density at radius 2 is 1.60 bits per heavy atom.